The predicted molar refractivity (Wildman–Crippen MR) is 62.6 cm³/mol. The molecule has 0 amide bonds. The van der Waals surface area contributed by atoms with E-state index in [9.17, 15) is 4.57 Å². The van der Waals surface area contributed by atoms with Gasteiger partial charge in [-0.15, -0.1) is 0 Å². The summed E-state index contributed by atoms with van der Waals surface area (Å²) < 4.78 is 15.2. The Balaban J connectivity index is 2.38. The number of phosphoric acid groups is 1. The Morgan fingerprint density at radius 2 is 2.12 bits per heavy atom. The number of aliphatic hydroxyl groups is 1. The van der Waals surface area contributed by atoms with Crippen LogP contribution in [0.25, 0.3) is 0 Å². The van der Waals surface area contributed by atoms with E-state index in [0.29, 0.717) is 6.54 Å². The van der Waals surface area contributed by atoms with E-state index < -0.39 is 7.82 Å². The molecule has 0 aliphatic carbocycles. The second kappa shape index (κ2) is 6.80. The average Bonchev–Trinajstić information content (AvgIpc) is 2.25. The molecule has 1 saturated heterocycles. The van der Waals surface area contributed by atoms with Gasteiger partial charge < -0.3 is 19.8 Å². The molecule has 0 bridgehead atoms. The second-order valence-electron chi connectivity index (χ2n) is 4.30. The molecule has 0 aromatic carbocycles. The van der Waals surface area contributed by atoms with Gasteiger partial charge in [0, 0.05) is 38.8 Å². The maximum atomic E-state index is 10.6. The summed E-state index contributed by atoms with van der Waals surface area (Å²) in [5.74, 6) is 0. The van der Waals surface area contributed by atoms with Crippen LogP contribution in [-0.2, 0) is 9.09 Å². The van der Waals surface area contributed by atoms with Crippen LogP contribution in [0.1, 0.15) is 6.42 Å². The van der Waals surface area contributed by atoms with Crippen molar-refractivity contribution in [3.63, 3.8) is 0 Å². The molecule has 1 atom stereocenters. The zero-order chi connectivity index (χ0) is 12.9. The van der Waals surface area contributed by atoms with Crippen molar-refractivity contribution < 1.29 is 24.0 Å². The van der Waals surface area contributed by atoms with Gasteiger partial charge in [-0.3, -0.25) is 9.42 Å². The van der Waals surface area contributed by atoms with E-state index in [-0.39, 0.29) is 19.3 Å². The largest absolute Gasteiger partial charge is 0.469 e. The zero-order valence-electron chi connectivity index (χ0n) is 10.0. The smallest absolute Gasteiger partial charge is 0.396 e. The van der Waals surface area contributed by atoms with Gasteiger partial charge in [0.1, 0.15) is 0 Å². The monoisotopic (exact) mass is 268 g/mol. The average molecular weight is 268 g/mol. The van der Waals surface area contributed by atoms with E-state index in [4.69, 9.17) is 14.9 Å². The van der Waals surface area contributed by atoms with Crippen molar-refractivity contribution in [1.82, 2.24) is 9.80 Å². The van der Waals surface area contributed by atoms with Crippen molar-refractivity contribution in [2.24, 2.45) is 0 Å². The lowest BCUT2D eigenvalue weighted by molar-refractivity contribution is 0.0518. The normalized spacial score (nSPS) is 24.1. The first-order chi connectivity index (χ1) is 7.92. The number of hydrogen-bond acceptors (Lipinski definition) is 5. The maximum absolute atomic E-state index is 10.6. The van der Waals surface area contributed by atoms with E-state index in [1.54, 1.807) is 0 Å². The van der Waals surface area contributed by atoms with Crippen molar-refractivity contribution in [3.8, 4) is 0 Å². The summed E-state index contributed by atoms with van der Waals surface area (Å²) in [5, 5.41) is 8.76. The maximum Gasteiger partial charge on any atom is 0.469 e. The summed E-state index contributed by atoms with van der Waals surface area (Å²) in [6.45, 7) is 3.43. The molecule has 7 nitrogen and oxygen atoms in total. The molecule has 102 valence electrons. The van der Waals surface area contributed by atoms with Gasteiger partial charge in [-0.25, -0.2) is 4.57 Å². The highest BCUT2D eigenvalue weighted by molar-refractivity contribution is 7.46. The van der Waals surface area contributed by atoms with E-state index in [2.05, 4.69) is 9.42 Å². The fourth-order valence-electron chi connectivity index (χ4n) is 1.87. The Bertz CT molecular complexity index is 270. The molecule has 0 spiro atoms. The van der Waals surface area contributed by atoms with Crippen LogP contribution < -0.4 is 0 Å². The Labute approximate surface area is 101 Å². The van der Waals surface area contributed by atoms with Crippen LogP contribution in [0.4, 0.5) is 0 Å². The molecule has 1 unspecified atom stereocenters. The summed E-state index contributed by atoms with van der Waals surface area (Å²) in [4.78, 5) is 21.5. The highest BCUT2D eigenvalue weighted by atomic mass is 31.2. The predicted octanol–water partition coefficient (Wildman–Crippen LogP) is -0.906. The van der Waals surface area contributed by atoms with Crippen molar-refractivity contribution in [1.29, 1.82) is 0 Å². The number of aliphatic hydroxyl groups excluding tert-OH is 1. The molecule has 1 aliphatic rings. The molecule has 1 rings (SSSR count). The third kappa shape index (κ3) is 5.92. The highest BCUT2D eigenvalue weighted by Crippen LogP contribution is 2.36. The Hall–Kier alpha value is -0.0100. The van der Waals surface area contributed by atoms with Gasteiger partial charge in [-0.2, -0.15) is 0 Å². The van der Waals surface area contributed by atoms with Gasteiger partial charge in [0.2, 0.25) is 0 Å². The number of piperazine rings is 1. The molecule has 0 radical (unpaired) electrons. The molecule has 3 N–H and O–H groups in total. The van der Waals surface area contributed by atoms with Gasteiger partial charge in [0.05, 0.1) is 6.61 Å². The summed E-state index contributed by atoms with van der Waals surface area (Å²) in [6, 6.07) is -0.0185. The lowest BCUT2D eigenvalue weighted by Gasteiger charge is -2.39. The molecule has 0 saturated carbocycles. The summed E-state index contributed by atoms with van der Waals surface area (Å²) in [7, 11) is -2.47. The molecule has 0 aromatic rings. The Morgan fingerprint density at radius 1 is 1.41 bits per heavy atom. The third-order valence-electron chi connectivity index (χ3n) is 2.93. The first-order valence-electron chi connectivity index (χ1n) is 5.66. The van der Waals surface area contributed by atoms with Crippen LogP contribution in [0, 0.1) is 0 Å². The van der Waals surface area contributed by atoms with Crippen LogP contribution >= 0.6 is 7.82 Å². The summed E-state index contributed by atoms with van der Waals surface area (Å²) >= 11 is 0. The third-order valence-corrected chi connectivity index (χ3v) is 3.41. The molecule has 17 heavy (non-hydrogen) atoms. The van der Waals surface area contributed by atoms with E-state index >= 15 is 0 Å². The molecule has 0 aromatic heterocycles. The lowest BCUT2D eigenvalue weighted by atomic mass is 10.2. The van der Waals surface area contributed by atoms with Crippen LogP contribution in [0.5, 0.6) is 0 Å². The zero-order valence-corrected chi connectivity index (χ0v) is 10.9. The van der Waals surface area contributed by atoms with Gasteiger partial charge >= 0.3 is 7.82 Å². The Kier molecular flexibility index (Phi) is 6.02. The van der Waals surface area contributed by atoms with E-state index in [1.807, 2.05) is 11.9 Å². The standard InChI is InChI=1S/C9H21N2O5P/c1-10-4-5-11(3-2-6-12)7-9(10)8-16-17(13,14)15/h9,12H,2-8H2,1H3,(H2,13,14,15). The number of rotatable bonds is 6. The van der Waals surface area contributed by atoms with E-state index in [0.717, 1.165) is 26.1 Å². The minimum Gasteiger partial charge on any atom is -0.396 e. The van der Waals surface area contributed by atoms with Gasteiger partial charge in [-0.1, -0.05) is 0 Å². The minimum atomic E-state index is -4.38. The van der Waals surface area contributed by atoms with Crippen molar-refractivity contribution in [3.05, 3.63) is 0 Å². The molecular formula is C9H21N2O5P. The lowest BCUT2D eigenvalue weighted by Crippen LogP contribution is -2.53. The topological polar surface area (TPSA) is 93.5 Å². The number of hydrogen-bond donors (Lipinski definition) is 3. The SMILES string of the molecule is CN1CCN(CCCO)CC1COP(=O)(O)O. The van der Waals surface area contributed by atoms with Crippen LogP contribution in [0.15, 0.2) is 0 Å². The second-order valence-corrected chi connectivity index (χ2v) is 5.54. The van der Waals surface area contributed by atoms with Crippen LogP contribution in [-0.4, -0.2) is 77.2 Å². The van der Waals surface area contributed by atoms with Crippen molar-refractivity contribution in [2.45, 2.75) is 12.5 Å². The van der Waals surface area contributed by atoms with Gasteiger partial charge in [0.15, 0.2) is 0 Å². The quantitative estimate of drug-likeness (QED) is 0.537. The number of phosphoric ester groups is 1. The fourth-order valence-corrected chi connectivity index (χ4v) is 2.24. The molecule has 1 fully saturated rings. The first-order valence-corrected chi connectivity index (χ1v) is 7.19. The van der Waals surface area contributed by atoms with Gasteiger partial charge in [-0.05, 0) is 13.5 Å². The minimum absolute atomic E-state index is 0.0185. The summed E-state index contributed by atoms with van der Waals surface area (Å²) in [5.41, 5.74) is 0. The van der Waals surface area contributed by atoms with Gasteiger partial charge in [0.25, 0.3) is 0 Å². The Morgan fingerprint density at radius 3 is 2.71 bits per heavy atom. The number of nitrogens with zero attached hydrogens (tertiary/aromatic N) is 2. The highest BCUT2D eigenvalue weighted by Gasteiger charge is 2.26. The number of likely N-dealkylation sites (N-methyl/N-ethyl adjacent to an activating group) is 1. The molecular weight excluding hydrogens is 247 g/mol. The van der Waals surface area contributed by atoms with Crippen molar-refractivity contribution >= 4 is 7.82 Å². The van der Waals surface area contributed by atoms with E-state index in [1.165, 1.54) is 0 Å². The van der Waals surface area contributed by atoms with Crippen LogP contribution in [0.3, 0.4) is 0 Å². The summed E-state index contributed by atoms with van der Waals surface area (Å²) in [6.07, 6.45) is 0.718. The van der Waals surface area contributed by atoms with Crippen molar-refractivity contribution in [2.75, 3.05) is 46.4 Å². The molecule has 1 aliphatic heterocycles. The molecule has 1 heterocycles. The molecule has 8 heteroatoms. The first kappa shape index (κ1) is 15.0. The van der Waals surface area contributed by atoms with Crippen LogP contribution in [0.2, 0.25) is 0 Å². The fraction of sp³-hybridized carbons (Fsp3) is 1.00.